The van der Waals surface area contributed by atoms with Crippen molar-refractivity contribution in [2.24, 2.45) is 29.1 Å². The zero-order valence-corrected chi connectivity index (χ0v) is 13.2. The lowest BCUT2D eigenvalue weighted by Crippen LogP contribution is -2.39. The molecule has 2 nitrogen and oxygen atoms in total. The van der Waals surface area contributed by atoms with E-state index in [2.05, 4.69) is 34.6 Å². The van der Waals surface area contributed by atoms with E-state index in [4.69, 9.17) is 4.74 Å². The summed E-state index contributed by atoms with van der Waals surface area (Å²) in [4.78, 5) is 12.7. The molecule has 0 aromatic heterocycles. The lowest BCUT2D eigenvalue weighted by atomic mass is 9.73. The lowest BCUT2D eigenvalue weighted by molar-refractivity contribution is -0.167. The summed E-state index contributed by atoms with van der Waals surface area (Å²) in [6.45, 7) is 10.7. The SMILES string of the molecule is CC(C)CC(C)(C(=O)OC1CC2CCC1C2)C(C)C. The highest BCUT2D eigenvalue weighted by atomic mass is 16.5. The van der Waals surface area contributed by atoms with Gasteiger partial charge in [-0.3, -0.25) is 4.79 Å². The number of ether oxygens (including phenoxy) is 1. The highest BCUT2D eigenvalue weighted by molar-refractivity contribution is 5.77. The van der Waals surface area contributed by atoms with E-state index in [1.165, 1.54) is 19.3 Å². The van der Waals surface area contributed by atoms with Gasteiger partial charge in [-0.2, -0.15) is 0 Å². The molecule has 2 saturated carbocycles. The van der Waals surface area contributed by atoms with Crippen LogP contribution in [0.15, 0.2) is 0 Å². The molecule has 2 heteroatoms. The molecular formula is C17H30O2. The summed E-state index contributed by atoms with van der Waals surface area (Å²) in [5.41, 5.74) is -0.323. The van der Waals surface area contributed by atoms with Gasteiger partial charge in [0.2, 0.25) is 0 Å². The quantitative estimate of drug-likeness (QED) is 0.688. The van der Waals surface area contributed by atoms with Gasteiger partial charge >= 0.3 is 5.97 Å². The monoisotopic (exact) mass is 266 g/mol. The molecule has 0 radical (unpaired) electrons. The second kappa shape index (κ2) is 5.46. The topological polar surface area (TPSA) is 26.3 Å². The van der Waals surface area contributed by atoms with Gasteiger partial charge in [-0.15, -0.1) is 0 Å². The van der Waals surface area contributed by atoms with Gasteiger partial charge in [-0.25, -0.2) is 0 Å². The number of esters is 1. The maximum atomic E-state index is 12.7. The summed E-state index contributed by atoms with van der Waals surface area (Å²) in [5.74, 6) is 2.40. The average Bonchev–Trinajstić information content (AvgIpc) is 2.89. The molecule has 2 rings (SSSR count). The van der Waals surface area contributed by atoms with Crippen molar-refractivity contribution in [3.63, 3.8) is 0 Å². The molecule has 0 heterocycles. The Bertz CT molecular complexity index is 334. The Kier molecular flexibility index (Phi) is 4.27. The van der Waals surface area contributed by atoms with Crippen LogP contribution in [-0.4, -0.2) is 12.1 Å². The van der Waals surface area contributed by atoms with Crippen molar-refractivity contribution < 1.29 is 9.53 Å². The zero-order valence-electron chi connectivity index (χ0n) is 13.2. The van der Waals surface area contributed by atoms with Gasteiger partial charge in [-0.05, 0) is 62.7 Å². The maximum Gasteiger partial charge on any atom is 0.312 e. The van der Waals surface area contributed by atoms with Crippen LogP contribution in [0.1, 0.15) is 66.7 Å². The van der Waals surface area contributed by atoms with Crippen molar-refractivity contribution >= 4 is 5.97 Å². The molecule has 4 unspecified atom stereocenters. The molecular weight excluding hydrogens is 236 g/mol. The first-order chi connectivity index (χ1) is 8.83. The number of hydrogen-bond donors (Lipinski definition) is 0. The molecule has 110 valence electrons. The smallest absolute Gasteiger partial charge is 0.312 e. The Labute approximate surface area is 118 Å². The summed E-state index contributed by atoms with van der Waals surface area (Å²) in [5, 5.41) is 0. The van der Waals surface area contributed by atoms with E-state index in [1.807, 2.05) is 0 Å². The Hall–Kier alpha value is -0.530. The minimum atomic E-state index is -0.323. The summed E-state index contributed by atoms with van der Waals surface area (Å²) < 4.78 is 5.93. The fraction of sp³-hybridized carbons (Fsp3) is 0.941. The molecule has 19 heavy (non-hydrogen) atoms. The Morgan fingerprint density at radius 3 is 2.32 bits per heavy atom. The van der Waals surface area contributed by atoms with Crippen molar-refractivity contribution in [2.75, 3.05) is 0 Å². The third-order valence-corrected chi connectivity index (χ3v) is 5.50. The van der Waals surface area contributed by atoms with Crippen LogP contribution in [-0.2, 0) is 9.53 Å². The molecule has 4 atom stereocenters. The van der Waals surface area contributed by atoms with Crippen molar-refractivity contribution in [2.45, 2.75) is 72.8 Å². The first-order valence-electron chi connectivity index (χ1n) is 8.04. The predicted octanol–water partition coefficient (Wildman–Crippen LogP) is 4.43. The summed E-state index contributed by atoms with van der Waals surface area (Å²) in [6.07, 6.45) is 6.17. The van der Waals surface area contributed by atoms with Gasteiger partial charge in [0.1, 0.15) is 6.10 Å². The van der Waals surface area contributed by atoms with E-state index in [9.17, 15) is 4.79 Å². The Morgan fingerprint density at radius 2 is 1.89 bits per heavy atom. The molecule has 0 aromatic carbocycles. The fourth-order valence-electron chi connectivity index (χ4n) is 4.01. The molecule has 0 saturated heterocycles. The van der Waals surface area contributed by atoms with Gasteiger partial charge in [-0.1, -0.05) is 27.7 Å². The second-order valence-corrected chi connectivity index (χ2v) is 7.79. The van der Waals surface area contributed by atoms with Crippen molar-refractivity contribution in [3.05, 3.63) is 0 Å². The van der Waals surface area contributed by atoms with E-state index >= 15 is 0 Å². The van der Waals surface area contributed by atoms with Gasteiger partial charge < -0.3 is 4.74 Å². The third-order valence-electron chi connectivity index (χ3n) is 5.50. The first-order valence-corrected chi connectivity index (χ1v) is 8.04. The van der Waals surface area contributed by atoms with E-state index < -0.39 is 0 Å². The predicted molar refractivity (Wildman–Crippen MR) is 77.7 cm³/mol. The number of rotatable bonds is 5. The first kappa shape index (κ1) is 14.9. The Morgan fingerprint density at radius 1 is 1.21 bits per heavy atom. The van der Waals surface area contributed by atoms with Crippen LogP contribution in [0.5, 0.6) is 0 Å². The summed E-state index contributed by atoms with van der Waals surface area (Å²) in [6, 6.07) is 0. The molecule has 2 bridgehead atoms. The van der Waals surface area contributed by atoms with Crippen molar-refractivity contribution in [1.29, 1.82) is 0 Å². The van der Waals surface area contributed by atoms with Crippen LogP contribution in [0.25, 0.3) is 0 Å². The Balaban J connectivity index is 2.00. The van der Waals surface area contributed by atoms with Gasteiger partial charge in [0, 0.05) is 0 Å². The molecule has 2 aliphatic carbocycles. The van der Waals surface area contributed by atoms with Crippen LogP contribution < -0.4 is 0 Å². The van der Waals surface area contributed by atoms with Crippen molar-refractivity contribution in [1.82, 2.24) is 0 Å². The van der Waals surface area contributed by atoms with Gasteiger partial charge in [0.05, 0.1) is 5.41 Å². The highest BCUT2D eigenvalue weighted by Crippen LogP contribution is 2.47. The fourth-order valence-corrected chi connectivity index (χ4v) is 4.01. The van der Waals surface area contributed by atoms with E-state index in [0.717, 1.165) is 18.8 Å². The molecule has 0 spiro atoms. The molecule has 0 aliphatic heterocycles. The second-order valence-electron chi connectivity index (χ2n) is 7.79. The molecule has 0 amide bonds. The molecule has 2 fully saturated rings. The number of hydrogen-bond acceptors (Lipinski definition) is 2. The van der Waals surface area contributed by atoms with Crippen LogP contribution >= 0.6 is 0 Å². The van der Waals surface area contributed by atoms with Crippen LogP contribution in [0.3, 0.4) is 0 Å². The van der Waals surface area contributed by atoms with Crippen molar-refractivity contribution in [3.8, 4) is 0 Å². The third kappa shape index (κ3) is 2.98. The molecule has 0 aromatic rings. The molecule has 0 N–H and O–H groups in total. The van der Waals surface area contributed by atoms with Crippen LogP contribution in [0.2, 0.25) is 0 Å². The number of fused-ring (bicyclic) bond motifs is 2. The highest BCUT2D eigenvalue weighted by Gasteiger charge is 2.45. The zero-order chi connectivity index (χ0) is 14.2. The normalized spacial score (nSPS) is 32.9. The minimum Gasteiger partial charge on any atom is -0.462 e. The number of carbonyl (C=O) groups is 1. The standard InChI is InChI=1S/C17H30O2/c1-11(2)10-17(5,12(3)4)16(18)19-15-9-13-6-7-14(15)8-13/h11-15H,6-10H2,1-5H3. The largest absolute Gasteiger partial charge is 0.462 e. The lowest BCUT2D eigenvalue weighted by Gasteiger charge is -2.35. The van der Waals surface area contributed by atoms with E-state index in [1.54, 1.807) is 0 Å². The minimum absolute atomic E-state index is 0.0498. The average molecular weight is 266 g/mol. The summed E-state index contributed by atoms with van der Waals surface area (Å²) >= 11 is 0. The number of carbonyl (C=O) groups excluding carboxylic acids is 1. The van der Waals surface area contributed by atoms with Crippen LogP contribution in [0.4, 0.5) is 0 Å². The summed E-state index contributed by atoms with van der Waals surface area (Å²) in [7, 11) is 0. The maximum absolute atomic E-state index is 12.7. The van der Waals surface area contributed by atoms with E-state index in [-0.39, 0.29) is 17.5 Å². The van der Waals surface area contributed by atoms with E-state index in [0.29, 0.717) is 17.8 Å². The van der Waals surface area contributed by atoms with Gasteiger partial charge in [0.25, 0.3) is 0 Å². The van der Waals surface area contributed by atoms with Gasteiger partial charge in [0.15, 0.2) is 0 Å². The molecule has 2 aliphatic rings. The van der Waals surface area contributed by atoms with Crippen LogP contribution in [0, 0.1) is 29.1 Å².